The first-order chi connectivity index (χ1) is 9.10. The number of aryl methyl sites for hydroxylation is 3. The topological polar surface area (TPSA) is 37.3 Å². The van der Waals surface area contributed by atoms with E-state index in [2.05, 4.69) is 39.0 Å². The summed E-state index contributed by atoms with van der Waals surface area (Å²) in [6, 6.07) is 8.28. The summed E-state index contributed by atoms with van der Waals surface area (Å²) < 4.78 is 21.1. The molecule has 19 heavy (non-hydrogen) atoms. The lowest BCUT2D eigenvalue weighted by atomic mass is 9.96. The van der Waals surface area contributed by atoms with Crippen molar-refractivity contribution >= 4 is 21.9 Å². The first-order valence-electron chi connectivity index (χ1n) is 6.79. The number of hydrogen-bond acceptors (Lipinski definition) is 1. The summed E-state index contributed by atoms with van der Waals surface area (Å²) in [6.45, 7) is 6.30. The maximum Gasteiger partial charge on any atom is 0.187 e. The molecule has 0 spiro atoms. The zero-order valence-corrected chi connectivity index (χ0v) is 12.5. The van der Waals surface area contributed by atoms with E-state index in [1.54, 1.807) is 0 Å². The van der Waals surface area contributed by atoms with Gasteiger partial charge in [-0.05, 0) is 53.5 Å². The second-order valence-corrected chi connectivity index (χ2v) is 5.69. The van der Waals surface area contributed by atoms with Crippen LogP contribution >= 0.6 is 0 Å². The number of fused-ring (bicyclic) bond motifs is 1. The molecule has 0 aliphatic heterocycles. The van der Waals surface area contributed by atoms with Crippen molar-refractivity contribution in [2.24, 2.45) is 0 Å². The van der Waals surface area contributed by atoms with Crippen LogP contribution in [0.25, 0.3) is 10.8 Å². The zero-order chi connectivity index (χ0) is 14.0. The summed E-state index contributed by atoms with van der Waals surface area (Å²) in [5, 5.41) is 2.05. The molecule has 0 aromatic heterocycles. The molecule has 1 unspecified atom stereocenters. The summed E-state index contributed by atoms with van der Waals surface area (Å²) in [6.07, 6.45) is 2.75. The summed E-state index contributed by atoms with van der Waals surface area (Å²) >= 11 is -1.94. The van der Waals surface area contributed by atoms with E-state index in [0.717, 1.165) is 35.6 Å². The van der Waals surface area contributed by atoms with Gasteiger partial charge in [-0.15, -0.1) is 0 Å². The largest absolute Gasteiger partial charge is 0.302 e. The van der Waals surface area contributed by atoms with Gasteiger partial charge in [-0.2, -0.15) is 0 Å². The fraction of sp³-hybridized carbons (Fsp3) is 0.375. The third-order valence-corrected chi connectivity index (χ3v) is 4.34. The van der Waals surface area contributed by atoms with Crippen molar-refractivity contribution < 1.29 is 8.76 Å². The Labute approximate surface area is 117 Å². The Hall–Kier alpha value is -1.19. The maximum absolute atomic E-state index is 11.6. The smallest absolute Gasteiger partial charge is 0.187 e. The molecule has 3 heteroatoms. The molecule has 0 aliphatic rings. The lowest BCUT2D eigenvalue weighted by Gasteiger charge is -2.12. The molecule has 2 rings (SSSR count). The van der Waals surface area contributed by atoms with Gasteiger partial charge in [0.1, 0.15) is 0 Å². The standard InChI is InChI=1S/C16H20O2S/c1-4-11-7-13(6-3)14-8-12(5-2)10-16(19(17)18)15(14)9-11/h7-10H,4-6H2,1-3H3,(H,17,18). The molecule has 1 atom stereocenters. The maximum atomic E-state index is 11.6. The molecule has 0 fully saturated rings. The molecule has 2 aromatic carbocycles. The molecule has 2 aromatic rings. The lowest BCUT2D eigenvalue weighted by molar-refractivity contribution is 0.565. The van der Waals surface area contributed by atoms with Gasteiger partial charge in [-0.3, -0.25) is 0 Å². The first-order valence-corrected chi connectivity index (χ1v) is 7.90. The first kappa shape index (κ1) is 14.2. The van der Waals surface area contributed by atoms with Gasteiger partial charge in [0.2, 0.25) is 0 Å². The van der Waals surface area contributed by atoms with E-state index in [9.17, 15) is 8.76 Å². The highest BCUT2D eigenvalue weighted by Gasteiger charge is 2.12. The molecule has 102 valence electrons. The highest BCUT2D eigenvalue weighted by Crippen LogP contribution is 2.29. The van der Waals surface area contributed by atoms with Gasteiger partial charge in [0, 0.05) is 5.39 Å². The molecule has 0 amide bonds. The van der Waals surface area contributed by atoms with Gasteiger partial charge in [0.15, 0.2) is 11.1 Å². The van der Waals surface area contributed by atoms with E-state index in [1.807, 2.05) is 6.07 Å². The third kappa shape index (κ3) is 2.72. The van der Waals surface area contributed by atoms with Crippen LogP contribution in [-0.4, -0.2) is 8.76 Å². The van der Waals surface area contributed by atoms with Crippen LogP contribution in [0, 0.1) is 0 Å². The molecule has 0 radical (unpaired) electrons. The minimum Gasteiger partial charge on any atom is -0.302 e. The average molecular weight is 276 g/mol. The van der Waals surface area contributed by atoms with E-state index in [4.69, 9.17) is 0 Å². The monoisotopic (exact) mass is 276 g/mol. The van der Waals surface area contributed by atoms with Crippen molar-refractivity contribution in [3.8, 4) is 0 Å². The van der Waals surface area contributed by atoms with Crippen LogP contribution in [0.4, 0.5) is 0 Å². The van der Waals surface area contributed by atoms with Crippen LogP contribution in [0.5, 0.6) is 0 Å². The lowest BCUT2D eigenvalue weighted by Crippen LogP contribution is -1.97. The molecule has 1 N–H and O–H groups in total. The fourth-order valence-electron chi connectivity index (χ4n) is 2.47. The van der Waals surface area contributed by atoms with Crippen molar-refractivity contribution in [1.82, 2.24) is 0 Å². The van der Waals surface area contributed by atoms with Crippen LogP contribution in [0.1, 0.15) is 37.5 Å². The van der Waals surface area contributed by atoms with Crippen LogP contribution in [0.3, 0.4) is 0 Å². The number of rotatable bonds is 4. The van der Waals surface area contributed by atoms with E-state index >= 15 is 0 Å². The minimum absolute atomic E-state index is 0.541. The molecule has 2 nitrogen and oxygen atoms in total. The van der Waals surface area contributed by atoms with Gasteiger partial charge >= 0.3 is 0 Å². The van der Waals surface area contributed by atoms with Gasteiger partial charge in [0.25, 0.3) is 0 Å². The third-order valence-electron chi connectivity index (χ3n) is 3.62. The molecular formula is C16H20O2S. The average Bonchev–Trinajstić information content (AvgIpc) is 2.44. The summed E-state index contributed by atoms with van der Waals surface area (Å²) in [4.78, 5) is 0.541. The Morgan fingerprint density at radius 1 is 0.895 bits per heavy atom. The number of benzene rings is 2. The van der Waals surface area contributed by atoms with Crippen LogP contribution in [-0.2, 0) is 30.3 Å². The molecule has 0 heterocycles. The Bertz CT molecular complexity index is 632. The van der Waals surface area contributed by atoms with Gasteiger partial charge in [-0.25, -0.2) is 4.21 Å². The molecular weight excluding hydrogens is 256 g/mol. The number of hydrogen-bond donors (Lipinski definition) is 1. The van der Waals surface area contributed by atoms with Crippen molar-refractivity contribution in [2.75, 3.05) is 0 Å². The zero-order valence-electron chi connectivity index (χ0n) is 11.7. The van der Waals surface area contributed by atoms with Crippen LogP contribution < -0.4 is 0 Å². The Kier molecular flexibility index (Phi) is 4.38. The quantitative estimate of drug-likeness (QED) is 0.853. The normalized spacial score (nSPS) is 12.8. The Morgan fingerprint density at radius 3 is 2.00 bits per heavy atom. The van der Waals surface area contributed by atoms with Crippen molar-refractivity contribution in [1.29, 1.82) is 0 Å². The molecule has 0 saturated heterocycles. The van der Waals surface area contributed by atoms with Gasteiger partial charge in [0.05, 0.1) is 4.90 Å². The second kappa shape index (κ2) is 5.85. The van der Waals surface area contributed by atoms with E-state index < -0.39 is 11.1 Å². The predicted molar refractivity (Wildman–Crippen MR) is 81.1 cm³/mol. The van der Waals surface area contributed by atoms with Gasteiger partial charge < -0.3 is 4.55 Å². The van der Waals surface area contributed by atoms with E-state index in [1.165, 1.54) is 11.1 Å². The molecule has 0 bridgehead atoms. The van der Waals surface area contributed by atoms with Crippen LogP contribution in [0.15, 0.2) is 29.2 Å². The van der Waals surface area contributed by atoms with Crippen LogP contribution in [0.2, 0.25) is 0 Å². The van der Waals surface area contributed by atoms with Crippen molar-refractivity contribution in [3.63, 3.8) is 0 Å². The predicted octanol–water partition coefficient (Wildman–Crippen LogP) is 4.11. The van der Waals surface area contributed by atoms with E-state index in [-0.39, 0.29) is 0 Å². The Morgan fingerprint density at radius 2 is 1.47 bits per heavy atom. The van der Waals surface area contributed by atoms with E-state index in [0.29, 0.717) is 4.90 Å². The summed E-state index contributed by atoms with van der Waals surface area (Å²) in [5.74, 6) is 0. The summed E-state index contributed by atoms with van der Waals surface area (Å²) in [5.41, 5.74) is 3.60. The highest BCUT2D eigenvalue weighted by molar-refractivity contribution is 7.79. The molecule has 0 aliphatic carbocycles. The van der Waals surface area contributed by atoms with Crippen molar-refractivity contribution in [2.45, 2.75) is 44.9 Å². The highest BCUT2D eigenvalue weighted by atomic mass is 32.2. The van der Waals surface area contributed by atoms with Gasteiger partial charge in [-0.1, -0.05) is 32.9 Å². The minimum atomic E-state index is -1.94. The SMILES string of the molecule is CCc1cc(S(=O)O)c2cc(CC)cc(CC)c2c1. The second-order valence-electron chi connectivity index (χ2n) is 4.75. The Balaban J connectivity index is 2.87. The summed E-state index contributed by atoms with van der Waals surface area (Å²) in [7, 11) is 0. The van der Waals surface area contributed by atoms with Crippen molar-refractivity contribution in [3.05, 3.63) is 41.0 Å². The fourth-order valence-corrected chi connectivity index (χ4v) is 3.08. The molecule has 0 saturated carbocycles.